The second kappa shape index (κ2) is 11.3. The van der Waals surface area contributed by atoms with Crippen molar-refractivity contribution in [3.05, 3.63) is 99.9 Å². The van der Waals surface area contributed by atoms with Gasteiger partial charge in [0.1, 0.15) is 10.1 Å². The largest absolute Gasteiger partial charge is 0.484 e. The Morgan fingerprint density at radius 1 is 1.06 bits per heavy atom. The van der Waals surface area contributed by atoms with Gasteiger partial charge in [0.05, 0.1) is 15.6 Å². The van der Waals surface area contributed by atoms with E-state index in [4.69, 9.17) is 28.6 Å². The third kappa shape index (κ3) is 6.26. The molecule has 0 spiro atoms. The molecule has 3 aromatic rings. The average molecular weight is 509 g/mol. The fourth-order valence-corrected chi connectivity index (χ4v) is 4.81. The number of anilines is 1. The molecule has 1 heterocycles. The van der Waals surface area contributed by atoms with Crippen molar-refractivity contribution in [1.29, 1.82) is 0 Å². The van der Waals surface area contributed by atoms with Crippen molar-refractivity contribution in [1.82, 2.24) is 4.90 Å². The van der Waals surface area contributed by atoms with Crippen molar-refractivity contribution >= 4 is 63.5 Å². The number of carbonyl (C=O) groups is 2. The van der Waals surface area contributed by atoms with Gasteiger partial charge in [-0.2, -0.15) is 0 Å². The summed E-state index contributed by atoms with van der Waals surface area (Å²) in [5, 5.41) is 3.17. The summed E-state index contributed by atoms with van der Waals surface area (Å²) >= 11 is 12.8. The molecule has 0 radical (unpaired) electrons. The summed E-state index contributed by atoms with van der Waals surface area (Å²) in [5.41, 5.74) is 2.47. The predicted molar refractivity (Wildman–Crippen MR) is 142 cm³/mol. The zero-order chi connectivity index (χ0) is 23.9. The van der Waals surface area contributed by atoms with E-state index in [1.165, 1.54) is 11.8 Å². The molecule has 1 aliphatic rings. The van der Waals surface area contributed by atoms with Crippen LogP contribution in [0.25, 0.3) is 6.08 Å². The Bertz CT molecular complexity index is 1250. The van der Waals surface area contributed by atoms with Gasteiger partial charge < -0.3 is 10.1 Å². The number of ether oxygens (including phenoxy) is 1. The molecule has 1 fully saturated rings. The fourth-order valence-electron chi connectivity index (χ4n) is 3.32. The molecular weight excluding hydrogens is 488 g/mol. The molecule has 34 heavy (non-hydrogen) atoms. The Hall–Kier alpha value is -3.13. The molecule has 5 nitrogen and oxygen atoms in total. The highest BCUT2D eigenvalue weighted by atomic mass is 35.5. The van der Waals surface area contributed by atoms with Gasteiger partial charge in [-0.05, 0) is 47.9 Å². The first-order valence-electron chi connectivity index (χ1n) is 10.6. The summed E-state index contributed by atoms with van der Waals surface area (Å²) in [6, 6.07) is 24.2. The van der Waals surface area contributed by atoms with Crippen molar-refractivity contribution < 1.29 is 14.3 Å². The summed E-state index contributed by atoms with van der Waals surface area (Å²) < 4.78 is 6.18. The van der Waals surface area contributed by atoms with Gasteiger partial charge in [-0.1, -0.05) is 90.2 Å². The maximum absolute atomic E-state index is 12.9. The lowest BCUT2D eigenvalue weighted by molar-refractivity contribution is -0.122. The lowest BCUT2D eigenvalue weighted by atomic mass is 10.1. The maximum Gasteiger partial charge on any atom is 0.266 e. The van der Waals surface area contributed by atoms with Gasteiger partial charge >= 0.3 is 0 Å². The molecule has 4 rings (SSSR count). The lowest BCUT2D eigenvalue weighted by Gasteiger charge is -2.14. The lowest BCUT2D eigenvalue weighted by Crippen LogP contribution is -2.30. The van der Waals surface area contributed by atoms with Crippen molar-refractivity contribution in [2.75, 3.05) is 18.5 Å². The Labute approximate surface area is 212 Å². The van der Waals surface area contributed by atoms with E-state index in [2.05, 4.69) is 5.32 Å². The molecule has 8 heteroatoms. The van der Waals surface area contributed by atoms with Crippen molar-refractivity contribution in [3.8, 4) is 5.75 Å². The predicted octanol–water partition coefficient (Wildman–Crippen LogP) is 5.80. The summed E-state index contributed by atoms with van der Waals surface area (Å²) in [6.45, 7) is 0.367. The minimum atomic E-state index is -0.321. The molecule has 1 N–H and O–H groups in total. The molecule has 172 valence electrons. The van der Waals surface area contributed by atoms with Gasteiger partial charge in [-0.25, -0.2) is 0 Å². The first-order chi connectivity index (χ1) is 16.5. The quantitative estimate of drug-likeness (QED) is 0.308. The highest BCUT2D eigenvalue weighted by Gasteiger charge is 2.31. The summed E-state index contributed by atoms with van der Waals surface area (Å²) in [4.78, 5) is 27.3. The highest BCUT2D eigenvalue weighted by Crippen LogP contribution is 2.33. The van der Waals surface area contributed by atoms with E-state index < -0.39 is 0 Å². The molecule has 3 aromatic carbocycles. The number of hydrogen-bond donors (Lipinski definition) is 1. The van der Waals surface area contributed by atoms with Crippen LogP contribution in [0, 0.1) is 0 Å². The molecular formula is C26H21ClN2O3S2. The molecule has 2 amide bonds. The van der Waals surface area contributed by atoms with E-state index in [1.807, 2.05) is 42.5 Å². The standard InChI is InChI=1S/C26H21ClN2O3S2/c27-21-11-4-5-12-22(21)28-24(30)17-32-20-10-6-9-19(15-20)16-23-25(31)29(26(33)34-23)14-13-18-7-2-1-3-8-18/h1-12,15-16H,13-14,17H2,(H,28,30)/b23-16-. The molecule has 0 unspecified atom stereocenters. The number of rotatable bonds is 8. The number of hydrogen-bond acceptors (Lipinski definition) is 5. The zero-order valence-electron chi connectivity index (χ0n) is 18.1. The van der Waals surface area contributed by atoms with E-state index >= 15 is 0 Å². The minimum absolute atomic E-state index is 0.101. The van der Waals surface area contributed by atoms with Gasteiger partial charge in [0, 0.05) is 6.54 Å². The third-order valence-electron chi connectivity index (χ3n) is 5.01. The SMILES string of the molecule is O=C(COc1cccc(/C=C2\SC(=S)N(CCc3ccccc3)C2=O)c1)Nc1ccccc1Cl. The van der Waals surface area contributed by atoms with Crippen molar-refractivity contribution in [3.63, 3.8) is 0 Å². The molecule has 0 bridgehead atoms. The van der Waals surface area contributed by atoms with Crippen molar-refractivity contribution in [2.45, 2.75) is 6.42 Å². The number of thioether (sulfide) groups is 1. The molecule has 1 aliphatic heterocycles. The monoisotopic (exact) mass is 508 g/mol. The van der Waals surface area contributed by atoms with E-state index in [-0.39, 0.29) is 18.4 Å². The fraction of sp³-hybridized carbons (Fsp3) is 0.115. The topological polar surface area (TPSA) is 58.6 Å². The van der Waals surface area contributed by atoms with Crippen LogP contribution in [-0.4, -0.2) is 34.2 Å². The Morgan fingerprint density at radius 3 is 2.62 bits per heavy atom. The van der Waals surface area contributed by atoms with Gasteiger partial charge in [-0.3, -0.25) is 14.5 Å². The summed E-state index contributed by atoms with van der Waals surface area (Å²) in [5.74, 6) is 0.0942. The van der Waals surface area contributed by atoms with Crippen LogP contribution in [0.4, 0.5) is 5.69 Å². The zero-order valence-corrected chi connectivity index (χ0v) is 20.5. The normalized spacial score (nSPS) is 14.5. The van der Waals surface area contributed by atoms with E-state index in [0.717, 1.165) is 17.5 Å². The highest BCUT2D eigenvalue weighted by molar-refractivity contribution is 8.26. The first kappa shape index (κ1) is 24.0. The number of benzene rings is 3. The number of thiocarbonyl (C=S) groups is 1. The second-order valence-electron chi connectivity index (χ2n) is 7.46. The smallest absolute Gasteiger partial charge is 0.266 e. The molecule has 0 atom stereocenters. The number of amides is 2. The van der Waals surface area contributed by atoms with Gasteiger partial charge in [-0.15, -0.1) is 0 Å². The van der Waals surface area contributed by atoms with E-state index in [0.29, 0.717) is 32.2 Å². The number of nitrogens with one attached hydrogen (secondary N) is 1. The molecule has 0 aromatic heterocycles. The Kier molecular flexibility index (Phi) is 8.00. The summed E-state index contributed by atoms with van der Waals surface area (Å²) in [6.07, 6.45) is 2.53. The van der Waals surface area contributed by atoms with Gasteiger partial charge in [0.25, 0.3) is 11.8 Å². The van der Waals surface area contributed by atoms with E-state index in [9.17, 15) is 9.59 Å². The second-order valence-corrected chi connectivity index (χ2v) is 9.54. The van der Waals surface area contributed by atoms with Crippen LogP contribution in [0.5, 0.6) is 5.75 Å². The van der Waals surface area contributed by atoms with Crippen molar-refractivity contribution in [2.24, 2.45) is 0 Å². The number of halogens is 1. The van der Waals surface area contributed by atoms with Crippen LogP contribution < -0.4 is 10.1 Å². The number of para-hydroxylation sites is 1. The van der Waals surface area contributed by atoms with Crippen LogP contribution in [-0.2, 0) is 16.0 Å². The number of nitrogens with zero attached hydrogens (tertiary/aromatic N) is 1. The van der Waals surface area contributed by atoms with E-state index in [1.54, 1.807) is 47.4 Å². The van der Waals surface area contributed by atoms with Crippen LogP contribution in [0.15, 0.2) is 83.8 Å². The molecule has 0 saturated carbocycles. The molecule has 0 aliphatic carbocycles. The minimum Gasteiger partial charge on any atom is -0.484 e. The molecule has 1 saturated heterocycles. The van der Waals surface area contributed by atoms with Gasteiger partial charge in [0.2, 0.25) is 0 Å². The van der Waals surface area contributed by atoms with Crippen LogP contribution >= 0.6 is 35.6 Å². The summed E-state index contributed by atoms with van der Waals surface area (Å²) in [7, 11) is 0. The first-order valence-corrected chi connectivity index (χ1v) is 12.2. The average Bonchev–Trinajstić information content (AvgIpc) is 3.11. The van der Waals surface area contributed by atoms with Gasteiger partial charge in [0.15, 0.2) is 6.61 Å². The van der Waals surface area contributed by atoms with Crippen LogP contribution in [0.1, 0.15) is 11.1 Å². The third-order valence-corrected chi connectivity index (χ3v) is 6.72. The Balaban J connectivity index is 1.36. The maximum atomic E-state index is 12.9. The van der Waals surface area contributed by atoms with Crippen LogP contribution in [0.2, 0.25) is 5.02 Å². The Morgan fingerprint density at radius 2 is 1.82 bits per heavy atom. The van der Waals surface area contributed by atoms with Crippen LogP contribution in [0.3, 0.4) is 0 Å². The number of carbonyl (C=O) groups excluding carboxylic acids is 2.